The number of sulfonamides is 1. The van der Waals surface area contributed by atoms with Crippen molar-refractivity contribution in [1.82, 2.24) is 19.1 Å². The maximum atomic E-state index is 14.0. The quantitative estimate of drug-likeness (QED) is 0.777. The molecule has 0 bridgehead atoms. The van der Waals surface area contributed by atoms with Gasteiger partial charge in [-0.1, -0.05) is 6.42 Å². The monoisotopic (exact) mass is 408 g/mol. The number of piperidine rings is 1. The predicted molar refractivity (Wildman–Crippen MR) is 101 cm³/mol. The van der Waals surface area contributed by atoms with Crippen LogP contribution in [0.4, 0.5) is 4.39 Å². The molecule has 0 amide bonds. The molecule has 7 nitrogen and oxygen atoms in total. The fraction of sp³-hybridized carbons (Fsp3) is 0.579. The second-order valence-corrected chi connectivity index (χ2v) is 9.37. The minimum Gasteiger partial charge on any atom is -0.494 e. The van der Waals surface area contributed by atoms with E-state index in [1.807, 2.05) is 0 Å². The van der Waals surface area contributed by atoms with E-state index in [0.29, 0.717) is 13.1 Å². The molecule has 2 aliphatic rings. The molecule has 2 aromatic rings. The van der Waals surface area contributed by atoms with Crippen molar-refractivity contribution >= 4 is 10.0 Å². The van der Waals surface area contributed by atoms with Crippen molar-refractivity contribution in [3.63, 3.8) is 0 Å². The largest absolute Gasteiger partial charge is 0.494 e. The Hall–Kier alpha value is -2.00. The van der Waals surface area contributed by atoms with Gasteiger partial charge in [0.25, 0.3) is 0 Å². The Morgan fingerprint density at radius 2 is 2.00 bits per heavy atom. The maximum Gasteiger partial charge on any atom is 0.243 e. The molecule has 1 fully saturated rings. The highest BCUT2D eigenvalue weighted by Gasteiger charge is 2.34. The molecule has 4 rings (SSSR count). The zero-order chi connectivity index (χ0) is 19.7. The summed E-state index contributed by atoms with van der Waals surface area (Å²) < 4.78 is 48.7. The predicted octanol–water partition coefficient (Wildman–Crippen LogP) is 2.72. The average molecular weight is 408 g/mol. The first-order valence-electron chi connectivity index (χ1n) is 9.76. The summed E-state index contributed by atoms with van der Waals surface area (Å²) in [5, 5.41) is 8.75. The van der Waals surface area contributed by atoms with Crippen molar-refractivity contribution in [2.75, 3.05) is 20.2 Å². The van der Waals surface area contributed by atoms with E-state index in [4.69, 9.17) is 4.74 Å². The molecule has 2 aliphatic heterocycles. The van der Waals surface area contributed by atoms with Crippen LogP contribution >= 0.6 is 0 Å². The van der Waals surface area contributed by atoms with Gasteiger partial charge in [-0.3, -0.25) is 0 Å². The summed E-state index contributed by atoms with van der Waals surface area (Å²) in [6, 6.07) is 3.77. The first-order valence-corrected chi connectivity index (χ1v) is 11.2. The summed E-state index contributed by atoms with van der Waals surface area (Å²) >= 11 is 0. The lowest BCUT2D eigenvalue weighted by atomic mass is 9.99. The Bertz CT molecular complexity index is 960. The van der Waals surface area contributed by atoms with Crippen molar-refractivity contribution in [2.24, 2.45) is 0 Å². The van der Waals surface area contributed by atoms with Crippen molar-refractivity contribution < 1.29 is 17.5 Å². The number of ether oxygens (including phenoxy) is 1. The molecule has 1 saturated heterocycles. The molecule has 152 valence electrons. The van der Waals surface area contributed by atoms with Gasteiger partial charge >= 0.3 is 0 Å². The van der Waals surface area contributed by atoms with Gasteiger partial charge in [-0.15, -0.1) is 10.2 Å². The lowest BCUT2D eigenvalue weighted by molar-refractivity contribution is 0.303. The van der Waals surface area contributed by atoms with E-state index in [1.54, 1.807) is 0 Å². The second-order valence-electron chi connectivity index (χ2n) is 7.44. The molecule has 0 saturated carbocycles. The maximum absolute atomic E-state index is 14.0. The zero-order valence-electron chi connectivity index (χ0n) is 16.0. The molecule has 0 spiro atoms. The highest BCUT2D eigenvalue weighted by atomic mass is 32.2. The van der Waals surface area contributed by atoms with Gasteiger partial charge in [-0.05, 0) is 43.9 Å². The van der Waals surface area contributed by atoms with Crippen LogP contribution in [0.3, 0.4) is 0 Å². The summed E-state index contributed by atoms with van der Waals surface area (Å²) in [7, 11) is -2.43. The molecule has 1 unspecified atom stereocenters. The van der Waals surface area contributed by atoms with E-state index >= 15 is 0 Å². The molecule has 1 aromatic carbocycles. The fourth-order valence-electron chi connectivity index (χ4n) is 4.14. The molecule has 28 heavy (non-hydrogen) atoms. The number of nitrogens with zero attached hydrogens (tertiary/aromatic N) is 4. The number of benzene rings is 1. The Morgan fingerprint density at radius 3 is 2.79 bits per heavy atom. The van der Waals surface area contributed by atoms with E-state index in [-0.39, 0.29) is 16.6 Å². The molecule has 3 heterocycles. The van der Waals surface area contributed by atoms with Crippen LogP contribution in [0.5, 0.6) is 5.75 Å². The summed E-state index contributed by atoms with van der Waals surface area (Å²) in [6.45, 7) is 1.66. The summed E-state index contributed by atoms with van der Waals surface area (Å²) in [5.41, 5.74) is 0. The van der Waals surface area contributed by atoms with Gasteiger partial charge in [-0.2, -0.15) is 4.31 Å². The van der Waals surface area contributed by atoms with Crippen LogP contribution < -0.4 is 4.74 Å². The highest BCUT2D eigenvalue weighted by Crippen LogP contribution is 2.31. The normalized spacial score (nSPS) is 21.1. The molecular formula is C19H25FN4O3S. The van der Waals surface area contributed by atoms with Crippen LogP contribution in [0, 0.1) is 5.82 Å². The Kier molecular flexibility index (Phi) is 5.37. The number of hydrogen-bond donors (Lipinski definition) is 0. The molecular weight excluding hydrogens is 383 g/mol. The van der Waals surface area contributed by atoms with Gasteiger partial charge < -0.3 is 9.30 Å². The SMILES string of the molecule is COc1ccc(S(=O)(=O)N2CCCC(c3nnc4n3CCCCC4)C2)cc1F. The number of aryl methyl sites for hydroxylation is 1. The zero-order valence-corrected chi connectivity index (χ0v) is 16.8. The molecule has 0 N–H and O–H groups in total. The van der Waals surface area contributed by atoms with E-state index in [0.717, 1.165) is 56.4 Å². The van der Waals surface area contributed by atoms with Gasteiger partial charge in [0.2, 0.25) is 10.0 Å². The van der Waals surface area contributed by atoms with E-state index in [1.165, 1.54) is 30.0 Å². The van der Waals surface area contributed by atoms with Crippen molar-refractivity contribution in [3.8, 4) is 5.75 Å². The summed E-state index contributed by atoms with van der Waals surface area (Å²) in [6.07, 6.45) is 5.93. The van der Waals surface area contributed by atoms with Gasteiger partial charge in [0.15, 0.2) is 11.6 Å². The third-order valence-electron chi connectivity index (χ3n) is 5.65. The number of hydrogen-bond acceptors (Lipinski definition) is 5. The van der Waals surface area contributed by atoms with Crippen LogP contribution in [0.2, 0.25) is 0 Å². The Balaban J connectivity index is 1.58. The van der Waals surface area contributed by atoms with E-state index < -0.39 is 15.8 Å². The molecule has 1 atom stereocenters. The van der Waals surface area contributed by atoms with Crippen molar-refractivity contribution in [1.29, 1.82) is 0 Å². The second kappa shape index (κ2) is 7.79. The summed E-state index contributed by atoms with van der Waals surface area (Å²) in [4.78, 5) is -0.0495. The minimum absolute atomic E-state index is 0.00553. The third-order valence-corrected chi connectivity index (χ3v) is 7.51. The molecule has 0 aliphatic carbocycles. The third kappa shape index (κ3) is 3.53. The molecule has 1 aromatic heterocycles. The van der Waals surface area contributed by atoms with Gasteiger partial charge in [0.1, 0.15) is 11.6 Å². The van der Waals surface area contributed by atoms with Crippen LogP contribution in [0.1, 0.15) is 49.7 Å². The number of halogens is 1. The Labute approximate surface area is 164 Å². The van der Waals surface area contributed by atoms with Gasteiger partial charge in [0, 0.05) is 32.0 Å². The number of fused-ring (bicyclic) bond motifs is 1. The minimum atomic E-state index is -3.78. The number of aromatic nitrogens is 3. The lowest BCUT2D eigenvalue weighted by Gasteiger charge is -2.31. The van der Waals surface area contributed by atoms with Gasteiger partial charge in [-0.25, -0.2) is 12.8 Å². The van der Waals surface area contributed by atoms with Crippen LogP contribution in [-0.4, -0.2) is 47.7 Å². The van der Waals surface area contributed by atoms with Crippen molar-refractivity contribution in [2.45, 2.75) is 55.9 Å². The Morgan fingerprint density at radius 1 is 1.14 bits per heavy atom. The molecule has 0 radical (unpaired) electrons. The number of rotatable bonds is 4. The van der Waals surface area contributed by atoms with Crippen LogP contribution in [-0.2, 0) is 23.0 Å². The van der Waals surface area contributed by atoms with Crippen molar-refractivity contribution in [3.05, 3.63) is 35.7 Å². The van der Waals surface area contributed by atoms with Crippen LogP contribution in [0.25, 0.3) is 0 Å². The fourth-order valence-corrected chi connectivity index (χ4v) is 5.67. The van der Waals surface area contributed by atoms with E-state index in [9.17, 15) is 12.8 Å². The first kappa shape index (κ1) is 19.3. The van der Waals surface area contributed by atoms with Crippen LogP contribution in [0.15, 0.2) is 23.1 Å². The van der Waals surface area contributed by atoms with E-state index in [2.05, 4.69) is 14.8 Å². The topological polar surface area (TPSA) is 77.3 Å². The number of methoxy groups -OCH3 is 1. The first-order chi connectivity index (χ1) is 13.5. The standard InChI is InChI=1S/C19H25FN4O3S/c1-27-17-9-8-15(12-16(17)20)28(25,26)23-10-5-6-14(13-23)19-22-21-18-7-3-2-4-11-24(18)19/h8-9,12,14H,2-7,10-11,13H2,1H3. The molecule has 9 heteroatoms. The summed E-state index contributed by atoms with van der Waals surface area (Å²) in [5.74, 6) is 1.25. The smallest absolute Gasteiger partial charge is 0.243 e. The average Bonchev–Trinajstić information content (AvgIpc) is 2.96. The van der Waals surface area contributed by atoms with Gasteiger partial charge in [0.05, 0.1) is 12.0 Å². The lowest BCUT2D eigenvalue weighted by Crippen LogP contribution is -2.39. The highest BCUT2D eigenvalue weighted by molar-refractivity contribution is 7.89.